The molecule has 5 nitrogen and oxygen atoms in total. The molecule has 7 rings (SSSR count). The van der Waals surface area contributed by atoms with Crippen LogP contribution in [0, 0.1) is 13.8 Å². The zero-order valence-electron chi connectivity index (χ0n) is 23.3. The molecule has 0 bridgehead atoms. The molecule has 1 spiro atoms. The SMILES string of the molecule is CCN(c1ccc2c(c1)Oc1ccccc1C21OC(=O)c2ccccc21)c1ccc(C)c(C)c1Nc1ccccc1. The number of anilines is 4. The number of fused-ring (bicyclic) bond motifs is 6. The fraction of sp³-hybridized carbons (Fsp3) is 0.139. The maximum Gasteiger partial charge on any atom is 0.340 e. The van der Waals surface area contributed by atoms with E-state index in [1.165, 1.54) is 11.1 Å². The molecule has 0 aliphatic carbocycles. The van der Waals surface area contributed by atoms with Crippen LogP contribution in [-0.2, 0) is 10.3 Å². The van der Waals surface area contributed by atoms with Gasteiger partial charge in [0.1, 0.15) is 11.5 Å². The van der Waals surface area contributed by atoms with E-state index in [2.05, 4.69) is 67.4 Å². The lowest BCUT2D eigenvalue weighted by Gasteiger charge is -2.37. The monoisotopic (exact) mass is 538 g/mol. The molecule has 0 saturated heterocycles. The molecule has 0 amide bonds. The number of rotatable bonds is 5. The van der Waals surface area contributed by atoms with Gasteiger partial charge in [0, 0.05) is 40.7 Å². The molecule has 1 unspecified atom stereocenters. The molecule has 2 heterocycles. The molecule has 202 valence electrons. The first kappa shape index (κ1) is 25.0. The second-order valence-corrected chi connectivity index (χ2v) is 10.5. The summed E-state index contributed by atoms with van der Waals surface area (Å²) in [6.45, 7) is 7.17. The van der Waals surface area contributed by atoms with Gasteiger partial charge in [-0.1, -0.05) is 60.7 Å². The van der Waals surface area contributed by atoms with Crippen molar-refractivity contribution < 1.29 is 14.3 Å². The predicted octanol–water partition coefficient (Wildman–Crippen LogP) is 8.77. The molecule has 0 saturated carbocycles. The number of hydrogen-bond donors (Lipinski definition) is 1. The van der Waals surface area contributed by atoms with Crippen LogP contribution >= 0.6 is 0 Å². The molecular weight excluding hydrogens is 508 g/mol. The van der Waals surface area contributed by atoms with E-state index in [1.54, 1.807) is 0 Å². The van der Waals surface area contributed by atoms with Crippen molar-refractivity contribution in [1.82, 2.24) is 0 Å². The number of nitrogens with zero attached hydrogens (tertiary/aromatic N) is 1. The molecule has 0 radical (unpaired) electrons. The Morgan fingerprint density at radius 2 is 1.46 bits per heavy atom. The van der Waals surface area contributed by atoms with Crippen LogP contribution in [0.5, 0.6) is 11.5 Å². The molecule has 5 aromatic rings. The molecule has 1 atom stereocenters. The van der Waals surface area contributed by atoms with Crippen molar-refractivity contribution >= 4 is 28.7 Å². The minimum Gasteiger partial charge on any atom is -0.456 e. The Balaban J connectivity index is 1.38. The number of benzene rings is 5. The first-order chi connectivity index (χ1) is 20.0. The topological polar surface area (TPSA) is 50.8 Å². The van der Waals surface area contributed by atoms with Gasteiger partial charge < -0.3 is 19.7 Å². The number of nitrogens with one attached hydrogen (secondary N) is 1. The average molecular weight is 539 g/mol. The largest absolute Gasteiger partial charge is 0.456 e. The maximum atomic E-state index is 13.1. The van der Waals surface area contributed by atoms with E-state index in [1.807, 2.05) is 72.8 Å². The van der Waals surface area contributed by atoms with Gasteiger partial charge >= 0.3 is 5.97 Å². The Kier molecular flexibility index (Phi) is 5.82. The normalized spacial score (nSPS) is 16.3. The van der Waals surface area contributed by atoms with E-state index in [-0.39, 0.29) is 5.97 Å². The second kappa shape index (κ2) is 9.56. The van der Waals surface area contributed by atoms with E-state index in [4.69, 9.17) is 9.47 Å². The van der Waals surface area contributed by atoms with Gasteiger partial charge in [-0.15, -0.1) is 0 Å². The fourth-order valence-corrected chi connectivity index (χ4v) is 6.12. The summed E-state index contributed by atoms with van der Waals surface area (Å²) >= 11 is 0. The highest BCUT2D eigenvalue weighted by Crippen LogP contribution is 2.56. The summed E-state index contributed by atoms with van der Waals surface area (Å²) in [4.78, 5) is 15.4. The average Bonchev–Trinajstić information content (AvgIpc) is 3.30. The third kappa shape index (κ3) is 3.80. The van der Waals surface area contributed by atoms with E-state index >= 15 is 0 Å². The van der Waals surface area contributed by atoms with Crippen LogP contribution in [0.2, 0.25) is 0 Å². The van der Waals surface area contributed by atoms with Crippen molar-refractivity contribution in [1.29, 1.82) is 0 Å². The summed E-state index contributed by atoms with van der Waals surface area (Å²) < 4.78 is 12.8. The zero-order chi connectivity index (χ0) is 28.1. The lowest BCUT2D eigenvalue weighted by atomic mass is 9.77. The highest BCUT2D eigenvalue weighted by molar-refractivity contribution is 5.97. The van der Waals surface area contributed by atoms with Crippen molar-refractivity contribution in [3.63, 3.8) is 0 Å². The van der Waals surface area contributed by atoms with Crippen LogP contribution in [0.4, 0.5) is 22.7 Å². The quantitative estimate of drug-likeness (QED) is 0.227. The first-order valence-electron chi connectivity index (χ1n) is 14.0. The first-order valence-corrected chi connectivity index (χ1v) is 14.0. The Labute approximate surface area is 240 Å². The standard InChI is InChI=1S/C36H30N2O3/c1-4-38(31-21-18-23(2)24(3)34(31)37-25-12-6-5-7-13-25)26-19-20-30-33(22-26)40-32-17-11-10-16-29(32)36(30)28-15-9-8-14-27(28)35(39)41-36/h5-22,37H,4H2,1-3H3. The van der Waals surface area contributed by atoms with E-state index < -0.39 is 5.60 Å². The molecule has 0 aromatic heterocycles. The van der Waals surface area contributed by atoms with Crippen molar-refractivity contribution in [2.24, 2.45) is 0 Å². The van der Waals surface area contributed by atoms with Crippen LogP contribution in [0.15, 0.2) is 109 Å². The van der Waals surface area contributed by atoms with Gasteiger partial charge in [0.05, 0.1) is 16.9 Å². The van der Waals surface area contributed by atoms with Gasteiger partial charge in [-0.25, -0.2) is 4.79 Å². The lowest BCUT2D eigenvalue weighted by Crippen LogP contribution is -2.33. The van der Waals surface area contributed by atoms with Crippen LogP contribution in [0.25, 0.3) is 0 Å². The fourth-order valence-electron chi connectivity index (χ4n) is 6.12. The molecule has 2 aliphatic rings. The summed E-state index contributed by atoms with van der Waals surface area (Å²) in [5, 5.41) is 3.67. The number of hydrogen-bond acceptors (Lipinski definition) is 5. The smallest absolute Gasteiger partial charge is 0.340 e. The highest BCUT2D eigenvalue weighted by atomic mass is 16.6. The van der Waals surface area contributed by atoms with Crippen LogP contribution < -0.4 is 15.0 Å². The predicted molar refractivity (Wildman–Crippen MR) is 163 cm³/mol. The maximum absolute atomic E-state index is 13.1. The highest BCUT2D eigenvalue weighted by Gasteiger charge is 2.53. The van der Waals surface area contributed by atoms with Gasteiger partial charge in [0.15, 0.2) is 5.60 Å². The summed E-state index contributed by atoms with van der Waals surface area (Å²) in [6.07, 6.45) is 0. The van der Waals surface area contributed by atoms with Crippen molar-refractivity contribution in [3.05, 3.63) is 143 Å². The Morgan fingerprint density at radius 3 is 2.27 bits per heavy atom. The number of para-hydroxylation sites is 2. The number of carbonyl (C=O) groups excluding carboxylic acids is 1. The number of carbonyl (C=O) groups is 1. The molecule has 5 heteroatoms. The van der Waals surface area contributed by atoms with E-state index in [0.29, 0.717) is 17.1 Å². The van der Waals surface area contributed by atoms with Gasteiger partial charge in [0.2, 0.25) is 0 Å². The Morgan fingerprint density at radius 1 is 0.756 bits per heavy atom. The molecule has 2 aliphatic heterocycles. The van der Waals surface area contributed by atoms with Crippen molar-refractivity contribution in [2.75, 3.05) is 16.8 Å². The lowest BCUT2D eigenvalue weighted by molar-refractivity contribution is 0.0224. The summed E-state index contributed by atoms with van der Waals surface area (Å²) in [7, 11) is 0. The molecule has 0 fully saturated rings. The van der Waals surface area contributed by atoms with Crippen molar-refractivity contribution in [3.8, 4) is 11.5 Å². The van der Waals surface area contributed by atoms with Gasteiger partial charge in [-0.3, -0.25) is 0 Å². The van der Waals surface area contributed by atoms with Crippen LogP contribution in [-0.4, -0.2) is 12.5 Å². The summed E-state index contributed by atoms with van der Waals surface area (Å²) in [5.74, 6) is 1.03. The third-order valence-corrected chi connectivity index (χ3v) is 8.28. The number of aryl methyl sites for hydroxylation is 1. The number of esters is 1. The van der Waals surface area contributed by atoms with Crippen LogP contribution in [0.1, 0.15) is 45.1 Å². The minimum absolute atomic E-state index is 0.325. The molecular formula is C36H30N2O3. The second-order valence-electron chi connectivity index (χ2n) is 10.5. The van der Waals surface area contributed by atoms with Gasteiger partial charge in [-0.2, -0.15) is 0 Å². The van der Waals surface area contributed by atoms with Gasteiger partial charge in [-0.05, 0) is 74.4 Å². The molecule has 5 aromatic carbocycles. The van der Waals surface area contributed by atoms with Crippen LogP contribution in [0.3, 0.4) is 0 Å². The summed E-state index contributed by atoms with van der Waals surface area (Å²) in [6, 6.07) is 36.2. The Hall–Kier alpha value is -5.03. The van der Waals surface area contributed by atoms with Crippen molar-refractivity contribution in [2.45, 2.75) is 26.4 Å². The van der Waals surface area contributed by atoms with Gasteiger partial charge in [0.25, 0.3) is 0 Å². The number of ether oxygens (including phenoxy) is 2. The Bertz CT molecular complexity index is 1810. The zero-order valence-corrected chi connectivity index (χ0v) is 23.3. The molecule has 41 heavy (non-hydrogen) atoms. The minimum atomic E-state index is -1.06. The summed E-state index contributed by atoms with van der Waals surface area (Å²) in [5.41, 5.74) is 8.58. The van der Waals surface area contributed by atoms with E-state index in [9.17, 15) is 4.79 Å². The third-order valence-electron chi connectivity index (χ3n) is 8.28. The van der Waals surface area contributed by atoms with E-state index in [0.717, 1.165) is 46.0 Å². The molecule has 1 N–H and O–H groups in total.